The molecule has 0 radical (unpaired) electrons. The van der Waals surface area contributed by atoms with Gasteiger partial charge in [0.2, 0.25) is 0 Å². The Labute approximate surface area is 157 Å². The first kappa shape index (κ1) is 16.8. The highest BCUT2D eigenvalue weighted by Crippen LogP contribution is 2.30. The molecule has 1 aliphatic heterocycles. The van der Waals surface area contributed by atoms with E-state index in [1.54, 1.807) is 12.4 Å². The zero-order chi connectivity index (χ0) is 18.3. The molecule has 0 unspecified atom stereocenters. The maximum absolute atomic E-state index is 5.64. The Morgan fingerprint density at radius 1 is 0.815 bits per heavy atom. The van der Waals surface area contributed by atoms with E-state index in [0.29, 0.717) is 13.0 Å². The summed E-state index contributed by atoms with van der Waals surface area (Å²) < 4.78 is 0. The minimum atomic E-state index is 0.413. The van der Waals surface area contributed by atoms with Crippen LogP contribution in [0.4, 0.5) is 0 Å². The second kappa shape index (κ2) is 8.19. The molecule has 5 nitrogen and oxygen atoms in total. The van der Waals surface area contributed by atoms with Crippen molar-refractivity contribution in [3.8, 4) is 0 Å². The van der Waals surface area contributed by atoms with Gasteiger partial charge in [-0.25, -0.2) is 0 Å². The quantitative estimate of drug-likeness (QED) is 0.638. The predicted octanol–water partition coefficient (Wildman–Crippen LogP) is 4.39. The third-order valence-corrected chi connectivity index (χ3v) is 4.11. The Kier molecular flexibility index (Phi) is 5.11. The van der Waals surface area contributed by atoms with Gasteiger partial charge in [-0.15, -0.1) is 0 Å². The number of aliphatic imine (C=N–C) groups is 1. The number of hydrogen-bond acceptors (Lipinski definition) is 5. The lowest BCUT2D eigenvalue weighted by molar-refractivity contribution is 0.130. The first-order chi connectivity index (χ1) is 13.4. The van der Waals surface area contributed by atoms with Crippen LogP contribution in [-0.2, 0) is 11.4 Å². The Bertz CT molecular complexity index is 981. The molecule has 4 rings (SSSR count). The Hall–Kier alpha value is -3.60. The second-order valence-electron chi connectivity index (χ2n) is 5.97. The van der Waals surface area contributed by atoms with E-state index < -0.39 is 0 Å². The lowest BCUT2D eigenvalue weighted by atomic mass is 9.97. The van der Waals surface area contributed by atoms with Crippen LogP contribution in [0.1, 0.15) is 23.4 Å². The molecular formula is C22H18N4O. The molecule has 0 saturated heterocycles. The molecule has 0 bridgehead atoms. The lowest BCUT2D eigenvalue weighted by Crippen LogP contribution is -2.12. The topological polar surface area (TPSA) is 59.7 Å². The summed E-state index contributed by atoms with van der Waals surface area (Å²) in [5.74, 6) is 0. The number of nitrogens with zero attached hydrogens (tertiary/aromatic N) is 4. The van der Waals surface area contributed by atoms with E-state index in [0.717, 1.165) is 33.9 Å². The highest BCUT2D eigenvalue weighted by atomic mass is 16.6. The van der Waals surface area contributed by atoms with Gasteiger partial charge in [-0.3, -0.25) is 15.0 Å². The highest BCUT2D eigenvalue weighted by molar-refractivity contribution is 6.34. The van der Waals surface area contributed by atoms with E-state index in [4.69, 9.17) is 4.84 Å². The fraction of sp³-hybridized carbons (Fsp3) is 0.0909. The lowest BCUT2D eigenvalue weighted by Gasteiger charge is -2.16. The Morgan fingerprint density at radius 3 is 2.22 bits per heavy atom. The molecule has 0 spiro atoms. The smallest absolute Gasteiger partial charge is 0.142 e. The van der Waals surface area contributed by atoms with E-state index in [-0.39, 0.29) is 0 Å². The Morgan fingerprint density at radius 2 is 1.52 bits per heavy atom. The summed E-state index contributed by atoms with van der Waals surface area (Å²) in [5.41, 5.74) is 5.05. The molecule has 27 heavy (non-hydrogen) atoms. The third-order valence-electron chi connectivity index (χ3n) is 4.11. The highest BCUT2D eigenvalue weighted by Gasteiger charge is 2.22. The van der Waals surface area contributed by atoms with Crippen LogP contribution in [0.5, 0.6) is 0 Å². The van der Waals surface area contributed by atoms with Crippen LogP contribution in [0, 0.1) is 0 Å². The van der Waals surface area contributed by atoms with Crippen LogP contribution >= 0.6 is 0 Å². The van der Waals surface area contributed by atoms with Crippen LogP contribution in [0.25, 0.3) is 11.3 Å². The number of pyridine rings is 2. The predicted molar refractivity (Wildman–Crippen MR) is 107 cm³/mol. The summed E-state index contributed by atoms with van der Waals surface area (Å²) in [5, 5.41) is 4.41. The maximum Gasteiger partial charge on any atom is 0.142 e. The molecule has 0 aliphatic carbocycles. The molecule has 0 atom stereocenters. The van der Waals surface area contributed by atoms with Crippen LogP contribution < -0.4 is 0 Å². The Balaban J connectivity index is 1.71. The van der Waals surface area contributed by atoms with Crippen molar-refractivity contribution in [2.24, 2.45) is 10.1 Å². The molecule has 5 heteroatoms. The molecule has 3 heterocycles. The van der Waals surface area contributed by atoms with Crippen LogP contribution in [0.3, 0.4) is 0 Å². The van der Waals surface area contributed by atoms with E-state index in [1.807, 2.05) is 72.9 Å². The SMILES string of the molecule is C1=NC(c2ccccn2)=C(c2ccccn2)C(=NOCc2ccccc2)C1. The first-order valence-electron chi connectivity index (χ1n) is 8.74. The summed E-state index contributed by atoms with van der Waals surface area (Å²) in [6.07, 6.45) is 5.93. The third kappa shape index (κ3) is 3.98. The average Bonchev–Trinajstić information content (AvgIpc) is 2.75. The van der Waals surface area contributed by atoms with Gasteiger partial charge in [0.25, 0.3) is 0 Å². The number of allylic oxidation sites excluding steroid dienone is 1. The van der Waals surface area contributed by atoms with Crippen LogP contribution in [-0.4, -0.2) is 21.9 Å². The van der Waals surface area contributed by atoms with Crippen molar-refractivity contribution in [2.75, 3.05) is 0 Å². The fourth-order valence-electron chi connectivity index (χ4n) is 2.85. The molecule has 2 aromatic heterocycles. The normalized spacial score (nSPS) is 15.2. The number of aromatic nitrogens is 2. The van der Waals surface area contributed by atoms with Gasteiger partial charge >= 0.3 is 0 Å². The van der Waals surface area contributed by atoms with Crippen molar-refractivity contribution >= 4 is 23.2 Å². The van der Waals surface area contributed by atoms with Crippen molar-refractivity contribution in [1.29, 1.82) is 0 Å². The van der Waals surface area contributed by atoms with Gasteiger partial charge in [-0.05, 0) is 29.8 Å². The van der Waals surface area contributed by atoms with Gasteiger partial charge in [0.15, 0.2) is 0 Å². The van der Waals surface area contributed by atoms with Crippen molar-refractivity contribution < 1.29 is 4.84 Å². The number of benzene rings is 1. The molecular weight excluding hydrogens is 336 g/mol. The fourth-order valence-corrected chi connectivity index (χ4v) is 2.85. The minimum Gasteiger partial charge on any atom is -0.391 e. The number of oxime groups is 1. The maximum atomic E-state index is 5.64. The van der Waals surface area contributed by atoms with E-state index >= 15 is 0 Å². The van der Waals surface area contributed by atoms with Crippen LogP contribution in [0.15, 0.2) is 89.3 Å². The number of hydrogen-bond donors (Lipinski definition) is 0. The monoisotopic (exact) mass is 354 g/mol. The van der Waals surface area contributed by atoms with Crippen molar-refractivity contribution in [1.82, 2.24) is 9.97 Å². The van der Waals surface area contributed by atoms with Crippen molar-refractivity contribution in [3.63, 3.8) is 0 Å². The van der Waals surface area contributed by atoms with Gasteiger partial charge < -0.3 is 4.84 Å². The van der Waals surface area contributed by atoms with Gasteiger partial charge in [-0.1, -0.05) is 47.6 Å². The van der Waals surface area contributed by atoms with Gasteiger partial charge in [0.05, 0.1) is 28.4 Å². The zero-order valence-electron chi connectivity index (χ0n) is 14.7. The van der Waals surface area contributed by atoms with Gasteiger partial charge in [-0.2, -0.15) is 0 Å². The molecule has 132 valence electrons. The van der Waals surface area contributed by atoms with Crippen molar-refractivity contribution in [2.45, 2.75) is 13.0 Å². The summed E-state index contributed by atoms with van der Waals surface area (Å²) in [4.78, 5) is 19.2. The molecule has 0 saturated carbocycles. The zero-order valence-corrected chi connectivity index (χ0v) is 14.7. The first-order valence-corrected chi connectivity index (χ1v) is 8.74. The van der Waals surface area contributed by atoms with Crippen LogP contribution in [0.2, 0.25) is 0 Å². The molecule has 1 aliphatic rings. The van der Waals surface area contributed by atoms with Gasteiger partial charge in [0.1, 0.15) is 6.61 Å². The van der Waals surface area contributed by atoms with E-state index in [9.17, 15) is 0 Å². The molecule has 3 aromatic rings. The second-order valence-corrected chi connectivity index (χ2v) is 5.97. The number of rotatable bonds is 5. The summed E-state index contributed by atoms with van der Waals surface area (Å²) >= 11 is 0. The summed E-state index contributed by atoms with van der Waals surface area (Å²) in [6.45, 7) is 0.413. The standard InChI is InChI=1S/C22H18N4O/c1-2-8-17(9-3-1)16-27-26-19-12-15-25-22(20-11-5-7-14-24-20)21(19)18-10-4-6-13-23-18/h1-11,13-15H,12,16H2. The molecule has 1 aromatic carbocycles. The molecule has 0 amide bonds. The van der Waals surface area contributed by atoms with Gasteiger partial charge in [0, 0.05) is 25.0 Å². The average molecular weight is 354 g/mol. The molecule has 0 fully saturated rings. The van der Waals surface area contributed by atoms with E-state index in [1.165, 1.54) is 0 Å². The summed E-state index contributed by atoms with van der Waals surface area (Å²) in [6, 6.07) is 21.5. The largest absolute Gasteiger partial charge is 0.391 e. The molecule has 0 N–H and O–H groups in total. The summed E-state index contributed by atoms with van der Waals surface area (Å²) in [7, 11) is 0. The van der Waals surface area contributed by atoms with E-state index in [2.05, 4.69) is 20.1 Å². The van der Waals surface area contributed by atoms with Crippen molar-refractivity contribution in [3.05, 3.63) is 96.1 Å². The minimum absolute atomic E-state index is 0.413.